The van der Waals surface area contributed by atoms with E-state index in [9.17, 15) is 0 Å². The Hall–Kier alpha value is -0.0400. The highest BCUT2D eigenvalue weighted by Crippen LogP contribution is 2.41. The fourth-order valence-electron chi connectivity index (χ4n) is 1.64. The molecule has 0 radical (unpaired) electrons. The van der Waals surface area contributed by atoms with Gasteiger partial charge in [-0.2, -0.15) is 0 Å². The molecule has 0 heterocycles. The molecule has 0 aromatic carbocycles. The van der Waals surface area contributed by atoms with Gasteiger partial charge in [-0.15, -0.1) is 0 Å². The molecule has 54 valence electrons. The van der Waals surface area contributed by atoms with Crippen LogP contribution in [0.2, 0.25) is 0 Å². The van der Waals surface area contributed by atoms with Gasteiger partial charge in [0.1, 0.15) is 0 Å². The summed E-state index contributed by atoms with van der Waals surface area (Å²) in [6.07, 6.45) is 3.82. The number of aliphatic hydroxyl groups is 1. The summed E-state index contributed by atoms with van der Waals surface area (Å²) in [4.78, 5) is 0. The van der Waals surface area contributed by atoms with Gasteiger partial charge in [0.2, 0.25) is 0 Å². The third-order valence-electron chi connectivity index (χ3n) is 2.94. The van der Waals surface area contributed by atoms with Gasteiger partial charge < -0.3 is 5.11 Å². The SMILES string of the molecule is CC1CCCC1(C)CO. The maximum Gasteiger partial charge on any atom is 0.0487 e. The van der Waals surface area contributed by atoms with E-state index in [0.29, 0.717) is 6.61 Å². The summed E-state index contributed by atoms with van der Waals surface area (Å²) in [5, 5.41) is 9.00. The lowest BCUT2D eigenvalue weighted by atomic mass is 9.82. The van der Waals surface area contributed by atoms with Gasteiger partial charge in [-0.1, -0.05) is 26.7 Å². The largest absolute Gasteiger partial charge is 0.396 e. The molecule has 0 spiro atoms. The molecule has 1 nitrogen and oxygen atoms in total. The van der Waals surface area contributed by atoms with Crippen molar-refractivity contribution in [2.45, 2.75) is 33.1 Å². The molecule has 0 aromatic rings. The van der Waals surface area contributed by atoms with Crippen LogP contribution in [0.1, 0.15) is 33.1 Å². The Bertz CT molecular complexity index is 101. The highest BCUT2D eigenvalue weighted by molar-refractivity contribution is 4.84. The van der Waals surface area contributed by atoms with E-state index >= 15 is 0 Å². The number of rotatable bonds is 1. The predicted molar refractivity (Wildman–Crippen MR) is 38.2 cm³/mol. The highest BCUT2D eigenvalue weighted by atomic mass is 16.3. The standard InChI is InChI=1S/C8H16O/c1-7-4-3-5-8(7,2)6-9/h7,9H,3-6H2,1-2H3. The smallest absolute Gasteiger partial charge is 0.0487 e. The third kappa shape index (κ3) is 1.11. The summed E-state index contributed by atoms with van der Waals surface area (Å²) in [5.41, 5.74) is 0.250. The fraction of sp³-hybridized carbons (Fsp3) is 1.00. The van der Waals surface area contributed by atoms with Crippen molar-refractivity contribution in [3.63, 3.8) is 0 Å². The second-order valence-corrected chi connectivity index (χ2v) is 3.61. The molecule has 0 saturated heterocycles. The van der Waals surface area contributed by atoms with Crippen LogP contribution in [0.5, 0.6) is 0 Å². The van der Waals surface area contributed by atoms with Crippen LogP contribution in [0, 0.1) is 11.3 Å². The lowest BCUT2D eigenvalue weighted by Crippen LogP contribution is -2.23. The minimum atomic E-state index is 0.250. The molecule has 2 unspecified atom stereocenters. The Labute approximate surface area is 57.1 Å². The number of aliphatic hydroxyl groups excluding tert-OH is 1. The van der Waals surface area contributed by atoms with Crippen LogP contribution in [0.25, 0.3) is 0 Å². The average molecular weight is 128 g/mol. The maximum atomic E-state index is 9.00. The van der Waals surface area contributed by atoms with Gasteiger partial charge in [0.15, 0.2) is 0 Å². The first-order valence-electron chi connectivity index (χ1n) is 3.80. The summed E-state index contributed by atoms with van der Waals surface area (Å²) in [5.74, 6) is 0.725. The molecule has 1 saturated carbocycles. The summed E-state index contributed by atoms with van der Waals surface area (Å²) >= 11 is 0. The van der Waals surface area contributed by atoms with Crippen LogP contribution in [0.15, 0.2) is 0 Å². The Morgan fingerprint density at radius 1 is 1.67 bits per heavy atom. The van der Waals surface area contributed by atoms with Crippen molar-refractivity contribution in [3.8, 4) is 0 Å². The van der Waals surface area contributed by atoms with E-state index < -0.39 is 0 Å². The highest BCUT2D eigenvalue weighted by Gasteiger charge is 2.34. The van der Waals surface area contributed by atoms with Crippen molar-refractivity contribution < 1.29 is 5.11 Å². The van der Waals surface area contributed by atoms with Gasteiger partial charge in [0, 0.05) is 6.61 Å². The minimum absolute atomic E-state index is 0.250. The topological polar surface area (TPSA) is 20.2 Å². The molecular formula is C8H16O. The molecule has 1 N–H and O–H groups in total. The molecule has 1 aliphatic rings. The summed E-state index contributed by atoms with van der Waals surface area (Å²) < 4.78 is 0. The monoisotopic (exact) mass is 128 g/mol. The molecule has 0 bridgehead atoms. The van der Waals surface area contributed by atoms with Gasteiger partial charge in [-0.25, -0.2) is 0 Å². The quantitative estimate of drug-likeness (QED) is 0.571. The van der Waals surface area contributed by atoms with Gasteiger partial charge in [-0.3, -0.25) is 0 Å². The van der Waals surface area contributed by atoms with Crippen molar-refractivity contribution in [3.05, 3.63) is 0 Å². The first-order chi connectivity index (χ1) is 4.19. The summed E-state index contributed by atoms with van der Waals surface area (Å²) in [6.45, 7) is 4.79. The zero-order valence-corrected chi connectivity index (χ0v) is 6.35. The zero-order valence-electron chi connectivity index (χ0n) is 6.35. The van der Waals surface area contributed by atoms with E-state index in [1.807, 2.05) is 0 Å². The number of hydrogen-bond acceptors (Lipinski definition) is 1. The van der Waals surface area contributed by atoms with Gasteiger partial charge in [-0.05, 0) is 17.8 Å². The van der Waals surface area contributed by atoms with Gasteiger partial charge in [0.25, 0.3) is 0 Å². The van der Waals surface area contributed by atoms with E-state index in [4.69, 9.17) is 5.11 Å². The lowest BCUT2D eigenvalue weighted by molar-refractivity contribution is 0.110. The molecule has 0 amide bonds. The summed E-state index contributed by atoms with van der Waals surface area (Å²) in [7, 11) is 0. The summed E-state index contributed by atoms with van der Waals surface area (Å²) in [6, 6.07) is 0. The molecule has 9 heavy (non-hydrogen) atoms. The first-order valence-corrected chi connectivity index (χ1v) is 3.80. The van der Waals surface area contributed by atoms with Crippen LogP contribution in [-0.2, 0) is 0 Å². The van der Waals surface area contributed by atoms with E-state index in [2.05, 4.69) is 13.8 Å². The van der Waals surface area contributed by atoms with Crippen LogP contribution >= 0.6 is 0 Å². The average Bonchev–Trinajstić information content (AvgIpc) is 2.15. The van der Waals surface area contributed by atoms with Crippen molar-refractivity contribution in [2.75, 3.05) is 6.61 Å². The van der Waals surface area contributed by atoms with Crippen LogP contribution in [-0.4, -0.2) is 11.7 Å². The van der Waals surface area contributed by atoms with Crippen molar-refractivity contribution in [2.24, 2.45) is 11.3 Å². The maximum absolute atomic E-state index is 9.00. The fourth-order valence-corrected chi connectivity index (χ4v) is 1.64. The molecule has 1 heteroatoms. The zero-order chi connectivity index (χ0) is 6.91. The second-order valence-electron chi connectivity index (χ2n) is 3.61. The minimum Gasteiger partial charge on any atom is -0.396 e. The van der Waals surface area contributed by atoms with Crippen LogP contribution < -0.4 is 0 Å². The third-order valence-corrected chi connectivity index (χ3v) is 2.94. The number of hydrogen-bond donors (Lipinski definition) is 1. The molecule has 0 aromatic heterocycles. The Kier molecular flexibility index (Phi) is 1.80. The first kappa shape index (κ1) is 7.07. The van der Waals surface area contributed by atoms with Crippen molar-refractivity contribution >= 4 is 0 Å². The van der Waals surface area contributed by atoms with Gasteiger partial charge >= 0.3 is 0 Å². The lowest BCUT2D eigenvalue weighted by Gasteiger charge is -2.25. The molecule has 1 fully saturated rings. The van der Waals surface area contributed by atoms with E-state index in [-0.39, 0.29) is 5.41 Å². The van der Waals surface area contributed by atoms with E-state index in [1.54, 1.807) is 0 Å². The van der Waals surface area contributed by atoms with Crippen LogP contribution in [0.4, 0.5) is 0 Å². The Morgan fingerprint density at radius 3 is 2.56 bits per heavy atom. The molecule has 0 aliphatic heterocycles. The molecule has 2 atom stereocenters. The van der Waals surface area contributed by atoms with E-state index in [0.717, 1.165) is 5.92 Å². The Morgan fingerprint density at radius 2 is 2.33 bits per heavy atom. The van der Waals surface area contributed by atoms with Gasteiger partial charge in [0.05, 0.1) is 0 Å². The normalized spacial score (nSPS) is 43.7. The molecule has 1 rings (SSSR count). The predicted octanol–water partition coefficient (Wildman–Crippen LogP) is 1.81. The molecule has 1 aliphatic carbocycles. The van der Waals surface area contributed by atoms with Crippen molar-refractivity contribution in [1.29, 1.82) is 0 Å². The van der Waals surface area contributed by atoms with E-state index in [1.165, 1.54) is 19.3 Å². The Balaban J connectivity index is 2.56. The van der Waals surface area contributed by atoms with Crippen LogP contribution in [0.3, 0.4) is 0 Å². The second kappa shape index (κ2) is 2.30. The van der Waals surface area contributed by atoms with Crippen molar-refractivity contribution in [1.82, 2.24) is 0 Å². The molecular weight excluding hydrogens is 112 g/mol.